The molecular formula is C9H7BrN2O. The van der Waals surface area contributed by atoms with Crippen molar-refractivity contribution in [2.75, 3.05) is 5.32 Å². The summed E-state index contributed by atoms with van der Waals surface area (Å²) in [4.78, 5) is 14.7. The molecule has 13 heavy (non-hydrogen) atoms. The summed E-state index contributed by atoms with van der Waals surface area (Å²) in [6, 6.07) is 1.74. The number of anilines is 1. The van der Waals surface area contributed by atoms with Crippen LogP contribution >= 0.6 is 15.9 Å². The molecule has 0 spiro atoms. The number of amides is 1. The lowest BCUT2D eigenvalue weighted by Crippen LogP contribution is -2.09. The highest BCUT2D eigenvalue weighted by molar-refractivity contribution is 9.10. The summed E-state index contributed by atoms with van der Waals surface area (Å²) < 4.78 is 0.895. The van der Waals surface area contributed by atoms with E-state index in [1.165, 1.54) is 0 Å². The van der Waals surface area contributed by atoms with Crippen LogP contribution in [0.4, 0.5) is 5.82 Å². The van der Waals surface area contributed by atoms with Crippen LogP contribution in [-0.4, -0.2) is 10.9 Å². The monoisotopic (exact) mass is 238 g/mol. The van der Waals surface area contributed by atoms with Crippen LogP contribution in [0.15, 0.2) is 16.7 Å². The number of halogens is 1. The lowest BCUT2D eigenvalue weighted by atomic mass is 10.3. The van der Waals surface area contributed by atoms with Crippen LogP contribution < -0.4 is 5.32 Å². The van der Waals surface area contributed by atoms with Gasteiger partial charge >= 0.3 is 5.91 Å². The van der Waals surface area contributed by atoms with Crippen molar-refractivity contribution < 1.29 is 4.79 Å². The highest BCUT2D eigenvalue weighted by atomic mass is 79.9. The van der Waals surface area contributed by atoms with Crippen molar-refractivity contribution >= 4 is 27.7 Å². The zero-order valence-electron chi connectivity index (χ0n) is 6.97. The van der Waals surface area contributed by atoms with Crippen LogP contribution in [0.5, 0.6) is 0 Å². The molecule has 0 bridgehead atoms. The smallest absolute Gasteiger partial charge is 0.300 e. The average Bonchev–Trinajstić information content (AvgIpc) is 2.11. The second-order valence-electron chi connectivity index (χ2n) is 2.42. The van der Waals surface area contributed by atoms with E-state index in [9.17, 15) is 4.79 Å². The number of hydrogen-bond donors (Lipinski definition) is 1. The first kappa shape index (κ1) is 9.75. The van der Waals surface area contributed by atoms with Gasteiger partial charge in [0.2, 0.25) is 0 Å². The maximum Gasteiger partial charge on any atom is 0.301 e. The summed E-state index contributed by atoms with van der Waals surface area (Å²) in [6.07, 6.45) is 6.50. The molecule has 0 aliphatic carbocycles. The zero-order chi connectivity index (χ0) is 9.84. The number of carbonyl (C=O) groups excluding carboxylic acids is 1. The molecule has 0 fully saturated rings. The Labute approximate surface area is 84.7 Å². The van der Waals surface area contributed by atoms with Crippen molar-refractivity contribution in [3.05, 3.63) is 22.3 Å². The van der Waals surface area contributed by atoms with Crippen LogP contribution in [-0.2, 0) is 4.79 Å². The van der Waals surface area contributed by atoms with E-state index in [2.05, 4.69) is 26.2 Å². The third kappa shape index (κ3) is 2.56. The Balaban J connectivity index is 2.87. The number of hydrogen-bond acceptors (Lipinski definition) is 2. The molecule has 0 saturated carbocycles. The number of terminal acetylenes is 1. The van der Waals surface area contributed by atoms with Crippen molar-refractivity contribution in [1.82, 2.24) is 4.98 Å². The van der Waals surface area contributed by atoms with Crippen molar-refractivity contribution in [2.24, 2.45) is 0 Å². The lowest BCUT2D eigenvalue weighted by Gasteiger charge is -2.02. The zero-order valence-corrected chi connectivity index (χ0v) is 8.55. The normalized spacial score (nSPS) is 9.00. The molecule has 0 aromatic carbocycles. The minimum absolute atomic E-state index is 0.462. The van der Waals surface area contributed by atoms with Gasteiger partial charge in [-0.15, -0.1) is 6.42 Å². The van der Waals surface area contributed by atoms with Crippen LogP contribution in [0, 0.1) is 19.3 Å². The van der Waals surface area contributed by atoms with Gasteiger partial charge in [0.05, 0.1) is 0 Å². The van der Waals surface area contributed by atoms with E-state index in [-0.39, 0.29) is 0 Å². The van der Waals surface area contributed by atoms with E-state index >= 15 is 0 Å². The Morgan fingerprint density at radius 2 is 2.46 bits per heavy atom. The second kappa shape index (κ2) is 4.06. The molecule has 0 unspecified atom stereocenters. The number of aromatic nitrogens is 1. The first-order chi connectivity index (χ1) is 6.13. The molecule has 1 N–H and O–H groups in total. The minimum atomic E-state index is -0.491. The van der Waals surface area contributed by atoms with Gasteiger partial charge in [-0.1, -0.05) is 0 Å². The van der Waals surface area contributed by atoms with Gasteiger partial charge in [0.25, 0.3) is 0 Å². The molecule has 1 aromatic rings. The van der Waals surface area contributed by atoms with Gasteiger partial charge in [-0.2, -0.15) is 0 Å². The van der Waals surface area contributed by atoms with Crippen molar-refractivity contribution in [3.63, 3.8) is 0 Å². The SMILES string of the molecule is C#CC(=O)Nc1cc(C)c(Br)cn1. The van der Waals surface area contributed by atoms with E-state index in [0.717, 1.165) is 10.0 Å². The molecular weight excluding hydrogens is 232 g/mol. The van der Waals surface area contributed by atoms with E-state index < -0.39 is 5.91 Å². The topological polar surface area (TPSA) is 42.0 Å². The number of carbonyl (C=O) groups is 1. The summed E-state index contributed by atoms with van der Waals surface area (Å²) >= 11 is 3.30. The number of rotatable bonds is 1. The maximum absolute atomic E-state index is 10.8. The summed E-state index contributed by atoms with van der Waals surface area (Å²) in [5.74, 6) is 1.92. The molecule has 1 heterocycles. The molecule has 0 aliphatic heterocycles. The summed E-state index contributed by atoms with van der Waals surface area (Å²) in [7, 11) is 0. The Kier molecular flexibility index (Phi) is 3.04. The minimum Gasteiger partial charge on any atom is -0.300 e. The summed E-state index contributed by atoms with van der Waals surface area (Å²) in [6.45, 7) is 1.90. The quantitative estimate of drug-likeness (QED) is 0.758. The molecule has 0 saturated heterocycles. The van der Waals surface area contributed by atoms with Crippen molar-refractivity contribution in [3.8, 4) is 12.3 Å². The van der Waals surface area contributed by atoms with Gasteiger partial charge in [0.1, 0.15) is 5.82 Å². The highest BCUT2D eigenvalue weighted by Crippen LogP contribution is 2.16. The first-order valence-electron chi connectivity index (χ1n) is 3.53. The molecule has 1 rings (SSSR count). The van der Waals surface area contributed by atoms with E-state index in [1.54, 1.807) is 12.3 Å². The van der Waals surface area contributed by atoms with E-state index in [1.807, 2.05) is 12.8 Å². The van der Waals surface area contributed by atoms with Gasteiger partial charge in [-0.05, 0) is 40.4 Å². The standard InChI is InChI=1S/C9H7BrN2O/c1-3-9(13)12-8-4-6(2)7(10)5-11-8/h1,4-5H,2H3,(H,11,12,13). The molecule has 66 valence electrons. The number of nitrogens with one attached hydrogen (secondary N) is 1. The molecule has 1 amide bonds. The predicted molar refractivity (Wildman–Crippen MR) is 54.1 cm³/mol. The van der Waals surface area contributed by atoms with E-state index in [0.29, 0.717) is 5.82 Å². The fourth-order valence-corrected chi connectivity index (χ4v) is 0.977. The van der Waals surface area contributed by atoms with Crippen molar-refractivity contribution in [2.45, 2.75) is 6.92 Å². The highest BCUT2D eigenvalue weighted by Gasteiger charge is 2.00. The Bertz CT molecular complexity index is 382. The average molecular weight is 239 g/mol. The molecule has 1 aromatic heterocycles. The summed E-state index contributed by atoms with van der Waals surface area (Å²) in [5, 5.41) is 2.45. The van der Waals surface area contributed by atoms with Gasteiger partial charge in [0.15, 0.2) is 0 Å². The number of nitrogens with zero attached hydrogens (tertiary/aromatic N) is 1. The molecule has 4 heteroatoms. The van der Waals surface area contributed by atoms with E-state index in [4.69, 9.17) is 6.42 Å². The first-order valence-corrected chi connectivity index (χ1v) is 4.32. The predicted octanol–water partition coefficient (Wildman–Crippen LogP) is 1.72. The van der Waals surface area contributed by atoms with Gasteiger partial charge in [-0.25, -0.2) is 4.98 Å². The fraction of sp³-hybridized carbons (Fsp3) is 0.111. The van der Waals surface area contributed by atoms with Crippen molar-refractivity contribution in [1.29, 1.82) is 0 Å². The van der Waals surface area contributed by atoms with Gasteiger partial charge in [-0.3, -0.25) is 10.1 Å². The lowest BCUT2D eigenvalue weighted by molar-refractivity contribution is -0.111. The Hall–Kier alpha value is -1.34. The van der Waals surface area contributed by atoms with Gasteiger partial charge in [0, 0.05) is 10.7 Å². The third-order valence-corrected chi connectivity index (χ3v) is 2.25. The molecule has 3 nitrogen and oxygen atoms in total. The Morgan fingerprint density at radius 3 is 3.00 bits per heavy atom. The maximum atomic E-state index is 10.8. The second-order valence-corrected chi connectivity index (χ2v) is 3.27. The largest absolute Gasteiger partial charge is 0.301 e. The molecule has 0 aliphatic rings. The molecule has 0 atom stereocenters. The van der Waals surface area contributed by atoms with Crippen LogP contribution in [0.1, 0.15) is 5.56 Å². The Morgan fingerprint density at radius 1 is 1.77 bits per heavy atom. The number of pyridine rings is 1. The fourth-order valence-electron chi connectivity index (χ4n) is 0.760. The van der Waals surface area contributed by atoms with Gasteiger partial charge < -0.3 is 0 Å². The third-order valence-electron chi connectivity index (χ3n) is 1.42. The summed E-state index contributed by atoms with van der Waals surface area (Å²) in [5.41, 5.74) is 0.988. The van der Waals surface area contributed by atoms with Crippen LogP contribution in [0.3, 0.4) is 0 Å². The molecule has 0 radical (unpaired) electrons. The number of aryl methyl sites for hydroxylation is 1. The van der Waals surface area contributed by atoms with Crippen LogP contribution in [0.2, 0.25) is 0 Å². The van der Waals surface area contributed by atoms with Crippen LogP contribution in [0.25, 0.3) is 0 Å².